The van der Waals surface area contributed by atoms with E-state index in [1.165, 1.54) is 0 Å². The molecule has 0 aliphatic carbocycles. The van der Waals surface area contributed by atoms with Gasteiger partial charge in [-0.3, -0.25) is 4.57 Å². The fourth-order valence-corrected chi connectivity index (χ4v) is 2.71. The lowest BCUT2D eigenvalue weighted by molar-refractivity contribution is 0.270. The lowest BCUT2D eigenvalue weighted by Crippen LogP contribution is -1.92. The average Bonchev–Trinajstić information content (AvgIpc) is 2.61. The van der Waals surface area contributed by atoms with Crippen molar-refractivity contribution >= 4 is 18.4 Å². The van der Waals surface area contributed by atoms with E-state index in [2.05, 4.69) is 0 Å². The third kappa shape index (κ3) is 2.35. The molecule has 1 unspecified atom stereocenters. The minimum Gasteiger partial charge on any atom is -0.467 e. The maximum absolute atomic E-state index is 11.6. The van der Waals surface area contributed by atoms with Crippen LogP contribution in [0.25, 0.3) is 10.8 Å². The molecular weight excluding hydrogens is 227 g/mol. The van der Waals surface area contributed by atoms with Crippen molar-refractivity contribution in [2.24, 2.45) is 0 Å². The summed E-state index contributed by atoms with van der Waals surface area (Å²) in [6.07, 6.45) is 1.49. The Kier molecular flexibility index (Phi) is 3.15. The number of rotatable bonds is 4. The molecule has 4 nitrogen and oxygen atoms in total. The van der Waals surface area contributed by atoms with Gasteiger partial charge in [0.15, 0.2) is 0 Å². The Labute approximate surface area is 93.4 Å². The molecule has 0 saturated carbocycles. The number of hydrogen-bond acceptors (Lipinski definition) is 3. The number of fused-ring (bicyclic) bond motifs is 1. The smallest absolute Gasteiger partial charge is 0.335 e. The summed E-state index contributed by atoms with van der Waals surface area (Å²) in [5.41, 5.74) is 0. The molecule has 1 atom stereocenters. The van der Waals surface area contributed by atoms with Crippen LogP contribution in [0.5, 0.6) is 0 Å². The van der Waals surface area contributed by atoms with Crippen LogP contribution in [0.2, 0.25) is 0 Å². The minimum atomic E-state index is -3.58. The second-order valence-electron chi connectivity index (χ2n) is 3.46. The van der Waals surface area contributed by atoms with Gasteiger partial charge in [-0.15, -0.1) is 0 Å². The normalized spacial score (nSPS) is 15.1. The Balaban J connectivity index is 2.31. The van der Waals surface area contributed by atoms with E-state index in [1.807, 2.05) is 24.3 Å². The van der Waals surface area contributed by atoms with Gasteiger partial charge < -0.3 is 13.8 Å². The van der Waals surface area contributed by atoms with Gasteiger partial charge in [0, 0.05) is 10.8 Å². The molecule has 86 valence electrons. The lowest BCUT2D eigenvalue weighted by atomic mass is 10.2. The molecule has 0 amide bonds. The monoisotopic (exact) mass is 240 g/mol. The van der Waals surface area contributed by atoms with Gasteiger partial charge in [0.1, 0.15) is 11.9 Å². The van der Waals surface area contributed by atoms with E-state index in [0.29, 0.717) is 5.76 Å². The molecule has 1 N–H and O–H groups in total. The summed E-state index contributed by atoms with van der Waals surface area (Å²) in [4.78, 5) is 9.52. The molecule has 0 bridgehead atoms. The number of furan rings is 1. The third-order valence-corrected chi connectivity index (χ3v) is 3.61. The van der Waals surface area contributed by atoms with E-state index >= 15 is 0 Å². The molecule has 1 aromatic carbocycles. The molecule has 0 saturated heterocycles. The van der Waals surface area contributed by atoms with Gasteiger partial charge in [-0.1, -0.05) is 24.3 Å². The molecule has 1 heterocycles. The summed E-state index contributed by atoms with van der Waals surface area (Å²) in [5, 5.41) is 1.78. The van der Waals surface area contributed by atoms with Crippen LogP contribution in [0.4, 0.5) is 0 Å². The van der Waals surface area contributed by atoms with Crippen molar-refractivity contribution in [3.05, 3.63) is 36.3 Å². The Morgan fingerprint density at radius 2 is 2.19 bits per heavy atom. The Morgan fingerprint density at radius 3 is 2.94 bits per heavy atom. The first kappa shape index (κ1) is 11.4. The standard InChI is InChI=1S/C11H13O4P/c1-2-15-16(12,13)8-11-10-6-4-3-5-9(10)7-14-11/h3-7H,2,8H2,1H3,(H,12,13). The summed E-state index contributed by atoms with van der Waals surface area (Å²) < 4.78 is 21.7. The summed E-state index contributed by atoms with van der Waals surface area (Å²) in [6.45, 7) is 1.90. The first-order valence-corrected chi connectivity index (χ1v) is 6.80. The van der Waals surface area contributed by atoms with Crippen LogP contribution < -0.4 is 0 Å². The summed E-state index contributed by atoms with van der Waals surface area (Å²) in [5.74, 6) is 0.495. The average molecular weight is 240 g/mol. The highest BCUT2D eigenvalue weighted by molar-refractivity contribution is 7.51. The molecule has 0 spiro atoms. The minimum absolute atomic E-state index is 0.0889. The first-order chi connectivity index (χ1) is 7.62. The molecule has 0 radical (unpaired) electrons. The number of benzene rings is 1. The van der Waals surface area contributed by atoms with Crippen LogP contribution in [-0.2, 0) is 15.3 Å². The fraction of sp³-hybridized carbons (Fsp3) is 0.273. The van der Waals surface area contributed by atoms with E-state index in [9.17, 15) is 9.46 Å². The summed E-state index contributed by atoms with van der Waals surface area (Å²) in [6, 6.07) is 7.51. The predicted molar refractivity (Wildman–Crippen MR) is 61.4 cm³/mol. The summed E-state index contributed by atoms with van der Waals surface area (Å²) >= 11 is 0. The van der Waals surface area contributed by atoms with Gasteiger partial charge in [0.05, 0.1) is 12.9 Å². The number of hydrogen-bond donors (Lipinski definition) is 1. The zero-order valence-corrected chi connectivity index (χ0v) is 9.81. The van der Waals surface area contributed by atoms with Crippen LogP contribution in [-0.4, -0.2) is 11.5 Å². The van der Waals surface area contributed by atoms with Crippen molar-refractivity contribution in [1.29, 1.82) is 0 Å². The third-order valence-electron chi connectivity index (χ3n) is 2.26. The van der Waals surface area contributed by atoms with Crippen LogP contribution in [0, 0.1) is 0 Å². The van der Waals surface area contributed by atoms with Gasteiger partial charge in [0.25, 0.3) is 0 Å². The predicted octanol–water partition coefficient (Wildman–Crippen LogP) is 3.15. The van der Waals surface area contributed by atoms with E-state index in [1.54, 1.807) is 13.2 Å². The van der Waals surface area contributed by atoms with Gasteiger partial charge in [0.2, 0.25) is 0 Å². The largest absolute Gasteiger partial charge is 0.467 e. The second-order valence-corrected chi connectivity index (χ2v) is 5.31. The molecule has 0 fully saturated rings. The van der Waals surface area contributed by atoms with E-state index in [0.717, 1.165) is 10.8 Å². The highest BCUT2D eigenvalue weighted by atomic mass is 31.2. The maximum atomic E-state index is 11.6. The first-order valence-electron chi connectivity index (χ1n) is 5.04. The highest BCUT2D eigenvalue weighted by Gasteiger charge is 2.22. The van der Waals surface area contributed by atoms with Crippen LogP contribution >= 0.6 is 7.60 Å². The van der Waals surface area contributed by atoms with E-state index in [4.69, 9.17) is 8.94 Å². The van der Waals surface area contributed by atoms with Crippen molar-refractivity contribution in [2.45, 2.75) is 13.1 Å². The SMILES string of the molecule is CCOP(=O)(O)Cc1occ2ccccc12. The molecule has 16 heavy (non-hydrogen) atoms. The molecule has 0 aliphatic rings. The van der Waals surface area contributed by atoms with Gasteiger partial charge in [-0.25, -0.2) is 0 Å². The Hall–Kier alpha value is -1.09. The second kappa shape index (κ2) is 4.42. The van der Waals surface area contributed by atoms with Crippen molar-refractivity contribution in [2.75, 3.05) is 6.61 Å². The fourth-order valence-electron chi connectivity index (χ4n) is 1.60. The topological polar surface area (TPSA) is 59.7 Å². The van der Waals surface area contributed by atoms with Gasteiger partial charge >= 0.3 is 7.60 Å². The molecule has 5 heteroatoms. The van der Waals surface area contributed by atoms with Crippen LogP contribution in [0.15, 0.2) is 34.9 Å². The zero-order valence-electron chi connectivity index (χ0n) is 8.92. The van der Waals surface area contributed by atoms with Gasteiger partial charge in [-0.2, -0.15) is 0 Å². The summed E-state index contributed by atoms with van der Waals surface area (Å²) in [7, 11) is -3.58. The van der Waals surface area contributed by atoms with Crippen LogP contribution in [0.3, 0.4) is 0 Å². The van der Waals surface area contributed by atoms with Crippen molar-refractivity contribution in [1.82, 2.24) is 0 Å². The molecular formula is C11H13O4P. The lowest BCUT2D eigenvalue weighted by Gasteiger charge is -2.08. The highest BCUT2D eigenvalue weighted by Crippen LogP contribution is 2.46. The van der Waals surface area contributed by atoms with Crippen LogP contribution in [0.1, 0.15) is 12.7 Å². The molecule has 2 aromatic rings. The van der Waals surface area contributed by atoms with E-state index in [-0.39, 0.29) is 12.8 Å². The quantitative estimate of drug-likeness (QED) is 0.834. The molecule has 2 rings (SSSR count). The Bertz CT molecular complexity index is 532. The maximum Gasteiger partial charge on any atom is 0.335 e. The Morgan fingerprint density at radius 1 is 1.44 bits per heavy atom. The van der Waals surface area contributed by atoms with Gasteiger partial charge in [-0.05, 0) is 6.92 Å². The van der Waals surface area contributed by atoms with Crippen molar-refractivity contribution in [3.8, 4) is 0 Å². The van der Waals surface area contributed by atoms with E-state index < -0.39 is 7.60 Å². The zero-order chi connectivity index (χ0) is 11.6. The van der Waals surface area contributed by atoms with Crippen molar-refractivity contribution in [3.63, 3.8) is 0 Å². The molecule has 0 aliphatic heterocycles. The van der Waals surface area contributed by atoms with Crippen molar-refractivity contribution < 1.29 is 18.4 Å². The molecule has 1 aromatic heterocycles.